The number of halogens is 1. The van der Waals surface area contributed by atoms with Crippen molar-refractivity contribution in [3.05, 3.63) is 22.5 Å². The summed E-state index contributed by atoms with van der Waals surface area (Å²) in [5.41, 5.74) is 1.50. The van der Waals surface area contributed by atoms with Gasteiger partial charge < -0.3 is 0 Å². The Morgan fingerprint density at radius 2 is 1.95 bits per heavy atom. The molecule has 2 aliphatic rings. The molecule has 0 aromatic carbocycles. The molecule has 0 bridgehead atoms. The summed E-state index contributed by atoms with van der Waals surface area (Å²) in [4.78, 5) is 24.6. The second-order valence-corrected chi connectivity index (χ2v) is 6.16. The number of hydrazine groups is 1. The molecular formula is C15H19ClN4O2. The summed E-state index contributed by atoms with van der Waals surface area (Å²) in [6.45, 7) is 3.05. The van der Waals surface area contributed by atoms with Gasteiger partial charge in [-0.3, -0.25) is 19.3 Å². The lowest BCUT2D eigenvalue weighted by Crippen LogP contribution is -2.44. The van der Waals surface area contributed by atoms with Crippen LogP contribution in [0.2, 0.25) is 5.15 Å². The Bertz CT molecular complexity index is 648. The summed E-state index contributed by atoms with van der Waals surface area (Å²) in [6, 6.07) is 0. The normalized spacial score (nSPS) is 18.5. The molecular weight excluding hydrogens is 304 g/mol. The Morgan fingerprint density at radius 1 is 1.27 bits per heavy atom. The first kappa shape index (κ1) is 15.1. The van der Waals surface area contributed by atoms with Gasteiger partial charge in [0.1, 0.15) is 5.15 Å². The number of rotatable bonds is 3. The largest absolute Gasteiger partial charge is 0.273 e. The molecule has 7 heteroatoms. The van der Waals surface area contributed by atoms with Gasteiger partial charge in [-0.05, 0) is 32.3 Å². The number of carbonyl (C=O) groups is 2. The van der Waals surface area contributed by atoms with Gasteiger partial charge in [-0.15, -0.1) is 0 Å². The maximum atomic E-state index is 12.4. The predicted molar refractivity (Wildman–Crippen MR) is 82.8 cm³/mol. The lowest BCUT2D eigenvalue weighted by Gasteiger charge is -2.26. The van der Waals surface area contributed by atoms with Crippen LogP contribution in [0, 0.1) is 12.8 Å². The number of carbonyl (C=O) groups excluding carboxylic acids is 2. The molecule has 2 fully saturated rings. The summed E-state index contributed by atoms with van der Waals surface area (Å²) in [6.07, 6.45) is 5.85. The zero-order valence-corrected chi connectivity index (χ0v) is 13.5. The predicted octanol–water partition coefficient (Wildman–Crippen LogP) is 1.78. The molecule has 1 aliphatic heterocycles. The molecule has 118 valence electrons. The Morgan fingerprint density at radius 3 is 2.55 bits per heavy atom. The molecule has 0 spiro atoms. The van der Waals surface area contributed by atoms with E-state index in [-0.39, 0.29) is 17.7 Å². The van der Waals surface area contributed by atoms with Crippen molar-refractivity contribution in [1.82, 2.24) is 19.8 Å². The van der Waals surface area contributed by atoms with Gasteiger partial charge in [-0.1, -0.05) is 11.6 Å². The molecule has 22 heavy (non-hydrogen) atoms. The SMILES string of the molecule is Cc1nn(C)c(Cl)c1C=CC(=O)N1CCCN1C(=O)C1CC1. The summed E-state index contributed by atoms with van der Waals surface area (Å²) >= 11 is 6.15. The van der Waals surface area contributed by atoms with Gasteiger partial charge >= 0.3 is 0 Å². The van der Waals surface area contributed by atoms with Crippen LogP contribution in [0.5, 0.6) is 0 Å². The van der Waals surface area contributed by atoms with Crippen molar-refractivity contribution >= 4 is 29.5 Å². The standard InChI is InChI=1S/C15H19ClN4O2/c1-10-12(14(16)18(2)17-10)6-7-13(21)19-8-3-9-20(19)15(22)11-4-5-11/h6-7,11H,3-5,8-9H2,1-2H3. The Kier molecular flexibility index (Phi) is 3.95. The number of aryl methyl sites for hydroxylation is 2. The third kappa shape index (κ3) is 2.75. The van der Waals surface area contributed by atoms with Gasteiger partial charge in [0.25, 0.3) is 5.91 Å². The van der Waals surface area contributed by atoms with Crippen molar-refractivity contribution < 1.29 is 9.59 Å². The monoisotopic (exact) mass is 322 g/mol. The topological polar surface area (TPSA) is 58.4 Å². The van der Waals surface area contributed by atoms with Crippen LogP contribution >= 0.6 is 11.6 Å². The highest BCUT2D eigenvalue weighted by atomic mass is 35.5. The lowest BCUT2D eigenvalue weighted by atomic mass is 10.2. The highest BCUT2D eigenvalue weighted by molar-refractivity contribution is 6.31. The number of hydrogen-bond donors (Lipinski definition) is 0. The zero-order chi connectivity index (χ0) is 15.9. The third-order valence-corrected chi connectivity index (χ3v) is 4.50. The molecule has 1 saturated heterocycles. The minimum Gasteiger partial charge on any atom is -0.273 e. The fourth-order valence-electron chi connectivity index (χ4n) is 2.69. The van der Waals surface area contributed by atoms with E-state index >= 15 is 0 Å². The molecule has 0 atom stereocenters. The Balaban J connectivity index is 1.73. The number of aromatic nitrogens is 2. The molecule has 0 radical (unpaired) electrons. The molecule has 6 nitrogen and oxygen atoms in total. The van der Waals surface area contributed by atoms with E-state index in [1.165, 1.54) is 11.1 Å². The summed E-state index contributed by atoms with van der Waals surface area (Å²) in [5, 5.41) is 7.84. The molecule has 2 heterocycles. The molecule has 3 rings (SSSR count). The van der Waals surface area contributed by atoms with Crippen LogP contribution in [0.4, 0.5) is 0 Å². The van der Waals surface area contributed by atoms with Crippen molar-refractivity contribution in [2.75, 3.05) is 13.1 Å². The van der Waals surface area contributed by atoms with E-state index in [0.717, 1.165) is 30.5 Å². The fraction of sp³-hybridized carbons (Fsp3) is 0.533. The fourth-order valence-corrected chi connectivity index (χ4v) is 2.92. The first-order valence-electron chi connectivity index (χ1n) is 7.49. The highest BCUT2D eigenvalue weighted by Gasteiger charge is 2.38. The van der Waals surface area contributed by atoms with Crippen LogP contribution in [0.15, 0.2) is 6.08 Å². The van der Waals surface area contributed by atoms with Crippen molar-refractivity contribution in [3.8, 4) is 0 Å². The highest BCUT2D eigenvalue weighted by Crippen LogP contribution is 2.32. The third-order valence-electron chi connectivity index (χ3n) is 4.06. The number of nitrogens with zero attached hydrogens (tertiary/aromatic N) is 4. The van der Waals surface area contributed by atoms with Crippen LogP contribution in [-0.2, 0) is 16.6 Å². The van der Waals surface area contributed by atoms with E-state index in [1.54, 1.807) is 22.8 Å². The van der Waals surface area contributed by atoms with Crippen LogP contribution in [-0.4, -0.2) is 44.7 Å². The average molecular weight is 323 g/mol. The van der Waals surface area contributed by atoms with Crippen molar-refractivity contribution in [3.63, 3.8) is 0 Å². The minimum absolute atomic E-state index is 0.0786. The maximum absolute atomic E-state index is 12.4. The molecule has 1 aromatic rings. The lowest BCUT2D eigenvalue weighted by molar-refractivity contribution is -0.155. The van der Waals surface area contributed by atoms with E-state index in [0.29, 0.717) is 18.2 Å². The quantitative estimate of drug-likeness (QED) is 0.797. The van der Waals surface area contributed by atoms with Gasteiger partial charge in [0, 0.05) is 37.7 Å². The second-order valence-electron chi connectivity index (χ2n) is 5.80. The average Bonchev–Trinajstić information content (AvgIpc) is 3.16. The molecule has 2 amide bonds. The van der Waals surface area contributed by atoms with Crippen LogP contribution in [0.3, 0.4) is 0 Å². The summed E-state index contributed by atoms with van der Waals surface area (Å²) in [7, 11) is 1.75. The van der Waals surface area contributed by atoms with Gasteiger partial charge in [-0.25, -0.2) is 5.01 Å². The van der Waals surface area contributed by atoms with E-state index in [1.807, 2.05) is 6.92 Å². The van der Waals surface area contributed by atoms with Crippen LogP contribution < -0.4 is 0 Å². The molecule has 1 aliphatic carbocycles. The van der Waals surface area contributed by atoms with Crippen molar-refractivity contribution in [1.29, 1.82) is 0 Å². The zero-order valence-electron chi connectivity index (χ0n) is 12.8. The molecule has 1 aromatic heterocycles. The van der Waals surface area contributed by atoms with E-state index < -0.39 is 0 Å². The van der Waals surface area contributed by atoms with Crippen LogP contribution in [0.1, 0.15) is 30.5 Å². The summed E-state index contributed by atoms with van der Waals surface area (Å²) < 4.78 is 1.57. The minimum atomic E-state index is -0.189. The molecule has 0 unspecified atom stereocenters. The van der Waals surface area contributed by atoms with E-state index in [2.05, 4.69) is 5.10 Å². The van der Waals surface area contributed by atoms with Gasteiger partial charge in [0.15, 0.2) is 0 Å². The van der Waals surface area contributed by atoms with Crippen molar-refractivity contribution in [2.24, 2.45) is 13.0 Å². The molecule has 0 N–H and O–H groups in total. The second kappa shape index (κ2) is 5.76. The van der Waals surface area contributed by atoms with Crippen molar-refractivity contribution in [2.45, 2.75) is 26.2 Å². The smallest absolute Gasteiger partial charge is 0.265 e. The Hall–Kier alpha value is -1.82. The number of hydrogen-bond acceptors (Lipinski definition) is 3. The maximum Gasteiger partial charge on any atom is 0.265 e. The van der Waals surface area contributed by atoms with Crippen LogP contribution in [0.25, 0.3) is 6.08 Å². The van der Waals surface area contributed by atoms with Gasteiger partial charge in [0.05, 0.1) is 5.69 Å². The number of amides is 2. The first-order chi connectivity index (χ1) is 10.5. The van der Waals surface area contributed by atoms with Gasteiger partial charge in [0.2, 0.25) is 5.91 Å². The van der Waals surface area contributed by atoms with E-state index in [4.69, 9.17) is 11.6 Å². The Labute approximate surface area is 134 Å². The first-order valence-corrected chi connectivity index (χ1v) is 7.87. The van der Waals surface area contributed by atoms with E-state index in [9.17, 15) is 9.59 Å². The summed E-state index contributed by atoms with van der Waals surface area (Å²) in [5.74, 6) is 0.00746. The molecule has 1 saturated carbocycles. The van der Waals surface area contributed by atoms with Gasteiger partial charge in [-0.2, -0.15) is 5.10 Å².